The van der Waals surface area contributed by atoms with Crippen molar-refractivity contribution in [1.29, 1.82) is 0 Å². The van der Waals surface area contributed by atoms with E-state index in [0.29, 0.717) is 0 Å². The Morgan fingerprint density at radius 2 is 1.00 bits per heavy atom. The molecule has 29 heavy (non-hydrogen) atoms. The molecule has 0 bridgehead atoms. The van der Waals surface area contributed by atoms with Crippen molar-refractivity contribution in [1.82, 2.24) is 0 Å². The highest BCUT2D eigenvalue weighted by Crippen LogP contribution is 2.26. The van der Waals surface area contributed by atoms with E-state index >= 15 is 0 Å². The molecule has 5 aromatic carbocycles. The van der Waals surface area contributed by atoms with E-state index in [2.05, 4.69) is 48.5 Å². The summed E-state index contributed by atoms with van der Waals surface area (Å²) in [4.78, 5) is 13.5. The zero-order valence-electron chi connectivity index (χ0n) is 16.0. The molecule has 1 heteroatoms. The van der Waals surface area contributed by atoms with E-state index in [0.717, 1.165) is 33.9 Å². The topological polar surface area (TPSA) is 17.1 Å². The molecule has 0 aliphatic heterocycles. The molecule has 0 spiro atoms. The van der Waals surface area contributed by atoms with E-state index in [1.165, 1.54) is 16.3 Å². The Labute approximate surface area is 170 Å². The maximum absolute atomic E-state index is 13.5. The third-order valence-corrected chi connectivity index (χ3v) is 5.56. The van der Waals surface area contributed by atoms with Crippen LogP contribution >= 0.6 is 0 Å². The molecule has 138 valence electrons. The molecule has 0 aliphatic carbocycles. The minimum atomic E-state index is 0.0811. The highest BCUT2D eigenvalue weighted by molar-refractivity contribution is 6.17. The normalized spacial score (nSPS) is 11.0. The fourth-order valence-electron chi connectivity index (χ4n) is 4.12. The minimum absolute atomic E-state index is 0.0811. The molecule has 5 aromatic rings. The fourth-order valence-corrected chi connectivity index (χ4v) is 4.12. The summed E-state index contributed by atoms with van der Waals surface area (Å²) in [6.07, 6.45) is 0.730. The van der Waals surface area contributed by atoms with Crippen LogP contribution in [0.2, 0.25) is 0 Å². The predicted molar refractivity (Wildman–Crippen MR) is 121 cm³/mol. The van der Waals surface area contributed by atoms with Gasteiger partial charge in [-0.15, -0.1) is 0 Å². The summed E-state index contributed by atoms with van der Waals surface area (Å²) in [5, 5.41) is 4.55. The first-order valence-corrected chi connectivity index (χ1v) is 9.88. The van der Waals surface area contributed by atoms with Crippen LogP contribution in [0, 0.1) is 0 Å². The molecule has 0 N–H and O–H groups in total. The lowest BCUT2D eigenvalue weighted by Gasteiger charge is -2.12. The molecule has 0 heterocycles. The van der Waals surface area contributed by atoms with Gasteiger partial charge in [0.25, 0.3) is 0 Å². The first-order chi connectivity index (χ1) is 14.3. The van der Waals surface area contributed by atoms with E-state index in [9.17, 15) is 4.79 Å². The molecule has 0 amide bonds. The summed E-state index contributed by atoms with van der Waals surface area (Å²) >= 11 is 0. The maximum Gasteiger partial charge on any atom is 0.193 e. The molecule has 5 rings (SSSR count). The molecular weight excluding hydrogens is 352 g/mol. The fraction of sp³-hybridized carbons (Fsp3) is 0.0357. The second-order valence-electron chi connectivity index (χ2n) is 7.33. The van der Waals surface area contributed by atoms with Crippen molar-refractivity contribution >= 4 is 27.3 Å². The lowest BCUT2D eigenvalue weighted by molar-refractivity contribution is 0.103. The predicted octanol–water partition coefficient (Wildman–Crippen LogP) is 6.81. The maximum atomic E-state index is 13.5. The third-order valence-electron chi connectivity index (χ3n) is 5.56. The summed E-state index contributed by atoms with van der Waals surface area (Å²) in [7, 11) is 0. The Morgan fingerprint density at radius 3 is 1.83 bits per heavy atom. The third kappa shape index (κ3) is 3.21. The highest BCUT2D eigenvalue weighted by Gasteiger charge is 2.16. The van der Waals surface area contributed by atoms with Crippen LogP contribution in [0.25, 0.3) is 21.5 Å². The number of ketones is 1. The number of benzene rings is 5. The van der Waals surface area contributed by atoms with Crippen LogP contribution in [-0.2, 0) is 6.42 Å². The molecule has 0 saturated carbocycles. The van der Waals surface area contributed by atoms with E-state index in [1.54, 1.807) is 0 Å². The van der Waals surface area contributed by atoms with Crippen LogP contribution < -0.4 is 0 Å². The number of fused-ring (bicyclic) bond motifs is 2. The van der Waals surface area contributed by atoms with Gasteiger partial charge >= 0.3 is 0 Å². The lowest BCUT2D eigenvalue weighted by atomic mass is 9.91. The van der Waals surface area contributed by atoms with Crippen LogP contribution in [-0.4, -0.2) is 5.78 Å². The van der Waals surface area contributed by atoms with Crippen molar-refractivity contribution in [3.8, 4) is 0 Å². The van der Waals surface area contributed by atoms with Crippen molar-refractivity contribution < 1.29 is 4.79 Å². The SMILES string of the molecule is O=C(c1ccccc1Cc1cccc2ccccc12)c1cccc2ccccc12. The van der Waals surface area contributed by atoms with E-state index in [1.807, 2.05) is 60.7 Å². The number of hydrogen-bond donors (Lipinski definition) is 0. The van der Waals surface area contributed by atoms with E-state index < -0.39 is 0 Å². The molecule has 0 atom stereocenters. The van der Waals surface area contributed by atoms with Crippen molar-refractivity contribution in [3.05, 3.63) is 131 Å². The first kappa shape index (κ1) is 17.4. The van der Waals surface area contributed by atoms with Gasteiger partial charge in [0.15, 0.2) is 5.78 Å². The molecule has 0 unspecified atom stereocenters. The molecule has 0 radical (unpaired) electrons. The van der Waals surface area contributed by atoms with Crippen molar-refractivity contribution in [2.75, 3.05) is 0 Å². The minimum Gasteiger partial charge on any atom is -0.289 e. The molecule has 0 aromatic heterocycles. The zero-order valence-corrected chi connectivity index (χ0v) is 16.0. The number of hydrogen-bond acceptors (Lipinski definition) is 1. The van der Waals surface area contributed by atoms with Crippen LogP contribution in [0.5, 0.6) is 0 Å². The average Bonchev–Trinajstić information content (AvgIpc) is 2.79. The Morgan fingerprint density at radius 1 is 0.483 bits per heavy atom. The number of rotatable bonds is 4. The van der Waals surface area contributed by atoms with Gasteiger partial charge in [-0.25, -0.2) is 0 Å². The van der Waals surface area contributed by atoms with Gasteiger partial charge in [-0.05, 0) is 39.1 Å². The van der Waals surface area contributed by atoms with Gasteiger partial charge in [-0.3, -0.25) is 4.79 Å². The Hall–Kier alpha value is -3.71. The number of carbonyl (C=O) groups is 1. The summed E-state index contributed by atoms with van der Waals surface area (Å²) in [6.45, 7) is 0. The smallest absolute Gasteiger partial charge is 0.193 e. The number of carbonyl (C=O) groups excluding carboxylic acids is 1. The van der Waals surface area contributed by atoms with Gasteiger partial charge in [0.1, 0.15) is 0 Å². The quantitative estimate of drug-likeness (QED) is 0.317. The van der Waals surface area contributed by atoms with Crippen LogP contribution in [0.3, 0.4) is 0 Å². The Kier molecular flexibility index (Phi) is 4.42. The summed E-state index contributed by atoms with van der Waals surface area (Å²) in [6, 6.07) is 36.8. The average molecular weight is 372 g/mol. The van der Waals surface area contributed by atoms with Gasteiger partial charge in [0.2, 0.25) is 0 Å². The van der Waals surface area contributed by atoms with Gasteiger partial charge in [0.05, 0.1) is 0 Å². The molecule has 0 aliphatic rings. The molecule has 0 saturated heterocycles. The Bertz CT molecular complexity index is 1340. The second kappa shape index (κ2) is 7.37. The molecular formula is C28H20O. The van der Waals surface area contributed by atoms with E-state index in [-0.39, 0.29) is 5.78 Å². The monoisotopic (exact) mass is 372 g/mol. The van der Waals surface area contributed by atoms with Crippen molar-refractivity contribution in [2.24, 2.45) is 0 Å². The highest BCUT2D eigenvalue weighted by atomic mass is 16.1. The largest absolute Gasteiger partial charge is 0.289 e. The van der Waals surface area contributed by atoms with E-state index in [4.69, 9.17) is 0 Å². The lowest BCUT2D eigenvalue weighted by Crippen LogP contribution is -2.07. The van der Waals surface area contributed by atoms with Crippen LogP contribution in [0.15, 0.2) is 109 Å². The van der Waals surface area contributed by atoms with Gasteiger partial charge in [-0.1, -0.05) is 109 Å². The van der Waals surface area contributed by atoms with Gasteiger partial charge < -0.3 is 0 Å². The van der Waals surface area contributed by atoms with Crippen LogP contribution in [0.1, 0.15) is 27.0 Å². The van der Waals surface area contributed by atoms with Crippen molar-refractivity contribution in [2.45, 2.75) is 6.42 Å². The Balaban J connectivity index is 1.60. The first-order valence-electron chi connectivity index (χ1n) is 9.88. The summed E-state index contributed by atoms with van der Waals surface area (Å²) in [5.41, 5.74) is 3.83. The standard InChI is InChI=1S/C28H20O/c29-28(27-18-8-13-21-10-2-5-16-25(21)27)26-17-6-3-11-23(26)19-22-14-7-12-20-9-1-4-15-24(20)22/h1-18H,19H2. The zero-order chi connectivity index (χ0) is 19.6. The summed E-state index contributed by atoms with van der Waals surface area (Å²) < 4.78 is 0. The second-order valence-corrected chi connectivity index (χ2v) is 7.33. The van der Waals surface area contributed by atoms with Gasteiger partial charge in [-0.2, -0.15) is 0 Å². The molecule has 0 fully saturated rings. The van der Waals surface area contributed by atoms with Crippen molar-refractivity contribution in [3.63, 3.8) is 0 Å². The summed E-state index contributed by atoms with van der Waals surface area (Å²) in [5.74, 6) is 0.0811. The molecule has 1 nitrogen and oxygen atoms in total. The van der Waals surface area contributed by atoms with Gasteiger partial charge in [0, 0.05) is 11.1 Å². The van der Waals surface area contributed by atoms with Crippen LogP contribution in [0.4, 0.5) is 0 Å².